The number of methoxy groups -OCH3 is 1. The first-order chi connectivity index (χ1) is 5.92. The first-order valence-electron chi connectivity index (χ1n) is 3.49. The molecule has 0 saturated heterocycles. The van der Waals surface area contributed by atoms with Crippen molar-refractivity contribution in [2.75, 3.05) is 7.11 Å². The van der Waals surface area contributed by atoms with E-state index in [2.05, 4.69) is 10.8 Å². The summed E-state index contributed by atoms with van der Waals surface area (Å²) in [6, 6.07) is 0. The van der Waals surface area contributed by atoms with Gasteiger partial charge in [0.25, 0.3) is 0 Å². The van der Waals surface area contributed by atoms with E-state index in [1.807, 2.05) is 0 Å². The van der Waals surface area contributed by atoms with Gasteiger partial charge in [0.15, 0.2) is 4.87 Å². The van der Waals surface area contributed by atoms with E-state index in [0.717, 1.165) is 7.11 Å². The Morgan fingerprint density at radius 2 is 2.23 bits per heavy atom. The highest BCUT2D eigenvalue weighted by Crippen LogP contribution is 2.46. The maximum absolute atomic E-state index is 12.5. The van der Waals surface area contributed by atoms with Crippen LogP contribution in [0.5, 0.6) is 0 Å². The maximum atomic E-state index is 12.5. The molecule has 0 fully saturated rings. The van der Waals surface area contributed by atoms with Crippen LogP contribution >= 0.6 is 11.6 Å². The molecule has 0 amide bonds. The highest BCUT2D eigenvalue weighted by Gasteiger charge is 2.57. The van der Waals surface area contributed by atoms with Gasteiger partial charge in [0.2, 0.25) is 0 Å². The topological polar surface area (TPSA) is 9.23 Å². The Labute approximate surface area is 78.8 Å². The van der Waals surface area contributed by atoms with Crippen molar-refractivity contribution in [3.05, 3.63) is 24.0 Å². The second-order valence-electron chi connectivity index (χ2n) is 2.58. The van der Waals surface area contributed by atoms with Crippen LogP contribution < -0.4 is 0 Å². The van der Waals surface area contributed by atoms with E-state index in [1.165, 1.54) is 12.2 Å². The molecular weight excluding hydrogens is 205 g/mol. The summed E-state index contributed by atoms with van der Waals surface area (Å²) in [6.07, 6.45) is 0.000725. The van der Waals surface area contributed by atoms with Crippen LogP contribution in [-0.4, -0.2) is 18.2 Å². The third kappa shape index (κ3) is 1.68. The van der Waals surface area contributed by atoms with Crippen molar-refractivity contribution in [3.63, 3.8) is 0 Å². The van der Waals surface area contributed by atoms with Crippen LogP contribution in [0.4, 0.5) is 13.2 Å². The van der Waals surface area contributed by atoms with Gasteiger partial charge in [-0.25, -0.2) is 0 Å². The lowest BCUT2D eigenvalue weighted by Gasteiger charge is -2.31. The molecule has 1 unspecified atom stereocenters. The zero-order valence-corrected chi connectivity index (χ0v) is 7.54. The molecule has 0 saturated carbocycles. The lowest BCUT2D eigenvalue weighted by atomic mass is 9.97. The Hall–Kier alpha value is -0.640. The molecular formula is C8H7ClF3O. The van der Waals surface area contributed by atoms with Gasteiger partial charge < -0.3 is 4.74 Å². The number of alkyl halides is 4. The van der Waals surface area contributed by atoms with Crippen LogP contribution in [-0.2, 0) is 4.74 Å². The van der Waals surface area contributed by atoms with Gasteiger partial charge >= 0.3 is 6.18 Å². The van der Waals surface area contributed by atoms with Crippen molar-refractivity contribution in [1.82, 2.24) is 0 Å². The Kier molecular flexibility index (Phi) is 2.61. The lowest BCUT2D eigenvalue weighted by Crippen LogP contribution is -2.42. The normalized spacial score (nSPS) is 28.5. The second kappa shape index (κ2) is 3.25. The molecule has 5 heteroatoms. The first kappa shape index (κ1) is 10.4. The highest BCUT2D eigenvalue weighted by atomic mass is 35.5. The number of hydrogen-bond acceptors (Lipinski definition) is 1. The summed E-state index contributed by atoms with van der Waals surface area (Å²) < 4.78 is 41.9. The molecule has 1 nitrogen and oxygen atoms in total. The minimum Gasteiger partial charge on any atom is -0.499 e. The third-order valence-corrected chi connectivity index (χ3v) is 2.29. The van der Waals surface area contributed by atoms with Crippen LogP contribution in [0.3, 0.4) is 0 Å². The van der Waals surface area contributed by atoms with E-state index < -0.39 is 17.5 Å². The number of allylic oxidation sites excluding steroid dienone is 4. The predicted octanol–water partition coefficient (Wildman–Crippen LogP) is 2.82. The third-order valence-electron chi connectivity index (χ3n) is 1.76. The van der Waals surface area contributed by atoms with Gasteiger partial charge in [0, 0.05) is 6.42 Å². The zero-order chi connectivity index (χ0) is 10.1. The van der Waals surface area contributed by atoms with Crippen molar-refractivity contribution in [3.8, 4) is 0 Å². The van der Waals surface area contributed by atoms with Crippen LogP contribution in [0.15, 0.2) is 17.9 Å². The van der Waals surface area contributed by atoms with Gasteiger partial charge in [-0.1, -0.05) is 6.08 Å². The molecule has 1 rings (SSSR count). The lowest BCUT2D eigenvalue weighted by molar-refractivity contribution is -0.160. The number of hydrogen-bond donors (Lipinski definition) is 0. The average Bonchev–Trinajstić information content (AvgIpc) is 2.03. The van der Waals surface area contributed by atoms with Crippen molar-refractivity contribution >= 4 is 11.6 Å². The molecule has 0 aromatic heterocycles. The zero-order valence-electron chi connectivity index (χ0n) is 6.78. The Morgan fingerprint density at radius 1 is 1.62 bits per heavy atom. The van der Waals surface area contributed by atoms with Gasteiger partial charge in [0.05, 0.1) is 7.11 Å². The number of rotatable bonds is 1. The molecule has 1 atom stereocenters. The van der Waals surface area contributed by atoms with E-state index in [4.69, 9.17) is 11.6 Å². The van der Waals surface area contributed by atoms with Gasteiger partial charge in [-0.05, 0) is 12.2 Å². The second-order valence-corrected chi connectivity index (χ2v) is 3.23. The standard InChI is InChI=1S/C8H7ClF3O/c1-13-6-4-2-3-5-7(6,9)8(10,11)12/h2,4H,5H2,1H3. The van der Waals surface area contributed by atoms with Crippen LogP contribution in [0.1, 0.15) is 6.42 Å². The number of halogens is 4. The fourth-order valence-electron chi connectivity index (χ4n) is 1.02. The molecule has 0 N–H and O–H groups in total. The Bertz CT molecular complexity index is 257. The molecule has 0 aromatic carbocycles. The SMILES string of the molecule is COC1=CC=[C]CC1(Cl)C(F)(F)F. The van der Waals surface area contributed by atoms with Gasteiger partial charge in [0.1, 0.15) is 5.76 Å². The molecule has 0 bridgehead atoms. The molecule has 1 radical (unpaired) electrons. The van der Waals surface area contributed by atoms with Crippen LogP contribution in [0.2, 0.25) is 0 Å². The average molecular weight is 212 g/mol. The summed E-state index contributed by atoms with van der Waals surface area (Å²) in [4.78, 5) is -2.45. The van der Waals surface area contributed by atoms with E-state index in [-0.39, 0.29) is 5.76 Å². The summed E-state index contributed by atoms with van der Waals surface area (Å²) in [5.41, 5.74) is 0. The molecule has 73 valence electrons. The Balaban J connectivity index is 3.03. The van der Waals surface area contributed by atoms with Gasteiger partial charge in [-0.15, -0.1) is 11.6 Å². The van der Waals surface area contributed by atoms with E-state index in [9.17, 15) is 13.2 Å². The predicted molar refractivity (Wildman–Crippen MR) is 42.2 cm³/mol. The van der Waals surface area contributed by atoms with Crippen molar-refractivity contribution in [2.24, 2.45) is 0 Å². The smallest absolute Gasteiger partial charge is 0.415 e. The summed E-state index contributed by atoms with van der Waals surface area (Å²) in [5, 5.41) is 0. The molecule has 0 spiro atoms. The molecule has 0 aromatic rings. The number of ether oxygens (including phenoxy) is 1. The largest absolute Gasteiger partial charge is 0.499 e. The van der Waals surface area contributed by atoms with Crippen molar-refractivity contribution < 1.29 is 17.9 Å². The van der Waals surface area contributed by atoms with Crippen molar-refractivity contribution in [1.29, 1.82) is 0 Å². The quantitative estimate of drug-likeness (QED) is 0.606. The molecule has 0 aliphatic heterocycles. The monoisotopic (exact) mass is 211 g/mol. The molecule has 1 aliphatic carbocycles. The van der Waals surface area contributed by atoms with Gasteiger partial charge in [-0.3, -0.25) is 0 Å². The highest BCUT2D eigenvalue weighted by molar-refractivity contribution is 6.26. The fraction of sp³-hybridized carbons (Fsp3) is 0.500. The summed E-state index contributed by atoms with van der Waals surface area (Å²) in [5.74, 6) is -0.291. The van der Waals surface area contributed by atoms with E-state index in [1.54, 1.807) is 0 Å². The van der Waals surface area contributed by atoms with Crippen LogP contribution in [0.25, 0.3) is 0 Å². The summed E-state index contributed by atoms with van der Waals surface area (Å²) >= 11 is 5.42. The molecule has 13 heavy (non-hydrogen) atoms. The minimum absolute atomic E-state index is 0.291. The summed E-state index contributed by atoms with van der Waals surface area (Å²) in [6.45, 7) is 0. The van der Waals surface area contributed by atoms with Crippen molar-refractivity contribution in [2.45, 2.75) is 17.5 Å². The van der Waals surface area contributed by atoms with E-state index >= 15 is 0 Å². The van der Waals surface area contributed by atoms with Gasteiger partial charge in [-0.2, -0.15) is 13.2 Å². The maximum Gasteiger partial charge on any atom is 0.415 e. The summed E-state index contributed by atoms with van der Waals surface area (Å²) in [7, 11) is 1.16. The molecule has 1 aliphatic rings. The van der Waals surface area contributed by atoms with Crippen LogP contribution in [0, 0.1) is 6.08 Å². The molecule has 0 heterocycles. The minimum atomic E-state index is -4.53. The fourth-order valence-corrected chi connectivity index (χ4v) is 1.24. The first-order valence-corrected chi connectivity index (χ1v) is 3.86. The van der Waals surface area contributed by atoms with E-state index in [0.29, 0.717) is 0 Å². The Morgan fingerprint density at radius 3 is 2.62 bits per heavy atom.